The van der Waals surface area contributed by atoms with Crippen LogP contribution in [-0.4, -0.2) is 65.4 Å². The first-order valence-electron chi connectivity index (χ1n) is 14.6. The minimum absolute atomic E-state index is 0.117. The molecule has 0 spiro atoms. The van der Waals surface area contributed by atoms with Gasteiger partial charge >= 0.3 is 5.97 Å². The van der Waals surface area contributed by atoms with E-state index in [0.717, 1.165) is 31.8 Å². The van der Waals surface area contributed by atoms with Gasteiger partial charge in [0.25, 0.3) is 0 Å². The van der Waals surface area contributed by atoms with Crippen molar-refractivity contribution in [2.75, 3.05) is 59.5 Å². The van der Waals surface area contributed by atoms with Crippen LogP contribution in [0.15, 0.2) is 0 Å². The van der Waals surface area contributed by atoms with Gasteiger partial charge in [0.2, 0.25) is 0 Å². The number of rotatable bonds is 29. The zero-order chi connectivity index (χ0) is 25.7. The molecule has 0 radical (unpaired) electrons. The van der Waals surface area contributed by atoms with E-state index in [9.17, 15) is 4.79 Å². The molecule has 0 unspecified atom stereocenters. The van der Waals surface area contributed by atoms with Crippen LogP contribution in [-0.2, 0) is 28.5 Å². The molecule has 210 valence electrons. The summed E-state index contributed by atoms with van der Waals surface area (Å²) < 4.78 is 27.4. The molecule has 0 amide bonds. The Morgan fingerprint density at radius 2 is 0.943 bits per heavy atom. The van der Waals surface area contributed by atoms with Gasteiger partial charge in [-0.1, -0.05) is 91.4 Å². The first kappa shape index (κ1) is 34.3. The van der Waals surface area contributed by atoms with Gasteiger partial charge in [-0.15, -0.1) is 0 Å². The van der Waals surface area contributed by atoms with Gasteiger partial charge in [-0.05, 0) is 25.2 Å². The van der Waals surface area contributed by atoms with E-state index in [0.29, 0.717) is 65.7 Å². The predicted octanol–water partition coefficient (Wildman–Crippen LogP) is 7.12. The number of unbranched alkanes of at least 4 members (excludes halogenated alkanes) is 10. The Morgan fingerprint density at radius 3 is 1.49 bits per heavy atom. The fourth-order valence-corrected chi connectivity index (χ4v) is 3.68. The summed E-state index contributed by atoms with van der Waals surface area (Å²) in [6, 6.07) is 0. The largest absolute Gasteiger partial charge is 0.466 e. The molecule has 0 N–H and O–H groups in total. The van der Waals surface area contributed by atoms with E-state index >= 15 is 0 Å². The summed E-state index contributed by atoms with van der Waals surface area (Å²) in [5.74, 6) is 0.681. The van der Waals surface area contributed by atoms with E-state index in [4.69, 9.17) is 23.7 Å². The van der Waals surface area contributed by atoms with Crippen molar-refractivity contribution < 1.29 is 28.5 Å². The number of carbonyl (C=O) groups excluding carboxylic acids is 1. The molecule has 0 fully saturated rings. The van der Waals surface area contributed by atoms with Crippen LogP contribution in [0.1, 0.15) is 117 Å². The number of ether oxygens (including phenoxy) is 5. The lowest BCUT2D eigenvalue weighted by molar-refractivity contribution is -0.144. The highest BCUT2D eigenvalue weighted by atomic mass is 16.6. The standard InChI is InChI=1S/C29H58O6/c1-4-5-6-7-8-11-14-19-31-22-24-33-26-27-34-25-23-32-20-16-18-29(30)35-21-15-12-9-10-13-17-28(2)3/h28H,4-27H2,1-3H3. The van der Waals surface area contributed by atoms with Crippen LogP contribution >= 0.6 is 0 Å². The Labute approximate surface area is 217 Å². The lowest BCUT2D eigenvalue weighted by Gasteiger charge is -2.08. The van der Waals surface area contributed by atoms with E-state index in [-0.39, 0.29) is 5.97 Å². The van der Waals surface area contributed by atoms with Crippen molar-refractivity contribution in [3.8, 4) is 0 Å². The van der Waals surface area contributed by atoms with Crippen LogP contribution in [0.5, 0.6) is 0 Å². The third kappa shape index (κ3) is 31.3. The second-order valence-electron chi connectivity index (χ2n) is 9.85. The molecule has 0 aromatic rings. The first-order chi connectivity index (χ1) is 17.2. The van der Waals surface area contributed by atoms with Crippen LogP contribution in [0, 0.1) is 5.92 Å². The van der Waals surface area contributed by atoms with Crippen molar-refractivity contribution in [2.24, 2.45) is 5.92 Å². The predicted molar refractivity (Wildman–Crippen MR) is 144 cm³/mol. The molecule has 0 aliphatic carbocycles. The van der Waals surface area contributed by atoms with Gasteiger partial charge in [-0.3, -0.25) is 4.79 Å². The summed E-state index contributed by atoms with van der Waals surface area (Å²) in [6.07, 6.45) is 17.5. The quantitative estimate of drug-likeness (QED) is 0.0801. The molecule has 0 bridgehead atoms. The Bertz CT molecular complexity index is 416. The maximum Gasteiger partial charge on any atom is 0.305 e. The molecule has 0 atom stereocenters. The van der Waals surface area contributed by atoms with Gasteiger partial charge in [0.1, 0.15) is 0 Å². The van der Waals surface area contributed by atoms with Crippen LogP contribution in [0.4, 0.5) is 0 Å². The summed E-state index contributed by atoms with van der Waals surface area (Å²) in [5.41, 5.74) is 0. The van der Waals surface area contributed by atoms with E-state index < -0.39 is 0 Å². The van der Waals surface area contributed by atoms with E-state index in [2.05, 4.69) is 20.8 Å². The number of esters is 1. The van der Waals surface area contributed by atoms with Crippen molar-refractivity contribution >= 4 is 5.97 Å². The molecule has 35 heavy (non-hydrogen) atoms. The summed E-state index contributed by atoms with van der Waals surface area (Å²) in [4.78, 5) is 11.7. The zero-order valence-electron chi connectivity index (χ0n) is 23.5. The van der Waals surface area contributed by atoms with Gasteiger partial charge in [0.05, 0.1) is 46.2 Å². The second kappa shape index (κ2) is 29.5. The SMILES string of the molecule is CCCCCCCCCOCCOCCOCCOCCCC(=O)OCCCCCCCC(C)C. The summed E-state index contributed by atoms with van der Waals surface area (Å²) >= 11 is 0. The highest BCUT2D eigenvalue weighted by Gasteiger charge is 2.03. The van der Waals surface area contributed by atoms with E-state index in [1.807, 2.05) is 0 Å². The average molecular weight is 503 g/mol. The normalized spacial score (nSPS) is 11.4. The van der Waals surface area contributed by atoms with E-state index in [1.54, 1.807) is 0 Å². The third-order valence-corrected chi connectivity index (χ3v) is 5.87. The average Bonchev–Trinajstić information content (AvgIpc) is 2.84. The molecular formula is C29H58O6. The molecule has 0 aliphatic rings. The number of hydrogen-bond donors (Lipinski definition) is 0. The van der Waals surface area contributed by atoms with Crippen LogP contribution in [0.25, 0.3) is 0 Å². The third-order valence-electron chi connectivity index (χ3n) is 5.87. The molecule has 0 heterocycles. The van der Waals surface area contributed by atoms with Crippen LogP contribution in [0.2, 0.25) is 0 Å². The molecule has 6 nitrogen and oxygen atoms in total. The fourth-order valence-electron chi connectivity index (χ4n) is 3.68. The van der Waals surface area contributed by atoms with E-state index in [1.165, 1.54) is 64.2 Å². The summed E-state index contributed by atoms with van der Waals surface area (Å²) in [5, 5.41) is 0. The Hall–Kier alpha value is -0.690. The highest BCUT2D eigenvalue weighted by molar-refractivity contribution is 5.69. The molecule has 0 aromatic heterocycles. The Morgan fingerprint density at radius 1 is 0.514 bits per heavy atom. The van der Waals surface area contributed by atoms with Crippen molar-refractivity contribution in [3.05, 3.63) is 0 Å². The first-order valence-corrected chi connectivity index (χ1v) is 14.6. The zero-order valence-corrected chi connectivity index (χ0v) is 23.5. The lowest BCUT2D eigenvalue weighted by Crippen LogP contribution is -2.12. The Kier molecular flexibility index (Phi) is 29.0. The van der Waals surface area contributed by atoms with Gasteiger partial charge in [0, 0.05) is 19.6 Å². The minimum atomic E-state index is -0.117. The maximum absolute atomic E-state index is 11.7. The topological polar surface area (TPSA) is 63.2 Å². The van der Waals surface area contributed by atoms with Crippen molar-refractivity contribution in [1.29, 1.82) is 0 Å². The second-order valence-corrected chi connectivity index (χ2v) is 9.85. The number of hydrogen-bond acceptors (Lipinski definition) is 6. The van der Waals surface area contributed by atoms with Gasteiger partial charge < -0.3 is 23.7 Å². The van der Waals surface area contributed by atoms with Crippen molar-refractivity contribution in [1.82, 2.24) is 0 Å². The van der Waals surface area contributed by atoms with Crippen LogP contribution < -0.4 is 0 Å². The minimum Gasteiger partial charge on any atom is -0.466 e. The molecule has 0 aromatic carbocycles. The van der Waals surface area contributed by atoms with Crippen molar-refractivity contribution in [3.63, 3.8) is 0 Å². The summed E-state index contributed by atoms with van der Waals surface area (Å²) in [7, 11) is 0. The smallest absolute Gasteiger partial charge is 0.305 e. The number of carbonyl (C=O) groups is 1. The Balaban J connectivity index is 3.13. The van der Waals surface area contributed by atoms with Gasteiger partial charge in [0.15, 0.2) is 0 Å². The maximum atomic E-state index is 11.7. The van der Waals surface area contributed by atoms with Gasteiger partial charge in [-0.25, -0.2) is 0 Å². The highest BCUT2D eigenvalue weighted by Crippen LogP contribution is 2.10. The lowest BCUT2D eigenvalue weighted by atomic mass is 10.0. The van der Waals surface area contributed by atoms with Gasteiger partial charge in [-0.2, -0.15) is 0 Å². The molecule has 0 aliphatic heterocycles. The fraction of sp³-hybridized carbons (Fsp3) is 0.966. The van der Waals surface area contributed by atoms with Crippen LogP contribution in [0.3, 0.4) is 0 Å². The molecule has 0 saturated carbocycles. The molecular weight excluding hydrogens is 444 g/mol. The molecule has 6 heteroatoms. The van der Waals surface area contributed by atoms with Crippen molar-refractivity contribution in [2.45, 2.75) is 117 Å². The molecule has 0 saturated heterocycles. The molecule has 0 rings (SSSR count). The monoisotopic (exact) mass is 502 g/mol. The summed E-state index contributed by atoms with van der Waals surface area (Å²) in [6.45, 7) is 12.2.